The van der Waals surface area contributed by atoms with Crippen molar-refractivity contribution in [1.29, 1.82) is 0 Å². The molecule has 0 aliphatic rings. The molecule has 0 unspecified atom stereocenters. The van der Waals surface area contributed by atoms with Crippen LogP contribution in [0.4, 0.5) is 0 Å². The van der Waals surface area contributed by atoms with E-state index in [2.05, 4.69) is 38.2 Å². The first-order valence-electron chi connectivity index (χ1n) is 5.41. The van der Waals surface area contributed by atoms with E-state index in [-0.39, 0.29) is 0 Å². The summed E-state index contributed by atoms with van der Waals surface area (Å²) in [7, 11) is 1.11. The van der Waals surface area contributed by atoms with Gasteiger partial charge >= 0.3 is 103 Å². The van der Waals surface area contributed by atoms with Crippen LogP contribution in [0.5, 0.6) is 5.75 Å². The molecule has 1 aromatic rings. The van der Waals surface area contributed by atoms with Gasteiger partial charge in [-0.3, -0.25) is 0 Å². The standard InChI is InChI=1S/C10H16OSi.2CH3.Ti/c1-5-6(2)9(11)8(4)10(12)7(5)3;;;/h11H,1-4,12H3;2*1H3;/q;;;+1/p-1. The average molecular weight is 257 g/mol. The Balaban J connectivity index is 3.39. The summed E-state index contributed by atoms with van der Waals surface area (Å²) in [5.74, 6) is 1.18. The summed E-state index contributed by atoms with van der Waals surface area (Å²) < 4.78 is 6.08. The van der Waals surface area contributed by atoms with Crippen molar-refractivity contribution in [2.24, 2.45) is 0 Å². The maximum atomic E-state index is 6.08. The summed E-state index contributed by atoms with van der Waals surface area (Å²) in [6.45, 7) is 8.84. The van der Waals surface area contributed by atoms with Gasteiger partial charge in [0.25, 0.3) is 0 Å². The molecule has 83 valence electrons. The first-order valence-corrected chi connectivity index (χ1v) is 10.2. The molecular formula is C12H21OSiTi. The zero-order chi connectivity index (χ0) is 11.7. The van der Waals surface area contributed by atoms with Gasteiger partial charge in [0.1, 0.15) is 0 Å². The first kappa shape index (κ1) is 13.0. The van der Waals surface area contributed by atoms with Gasteiger partial charge < -0.3 is 0 Å². The molecule has 1 nitrogen and oxygen atoms in total. The summed E-state index contributed by atoms with van der Waals surface area (Å²) >= 11 is -1.24. The van der Waals surface area contributed by atoms with Gasteiger partial charge in [-0.25, -0.2) is 0 Å². The molecule has 0 aliphatic heterocycles. The molecule has 0 atom stereocenters. The van der Waals surface area contributed by atoms with Crippen LogP contribution in [0.2, 0.25) is 10.5 Å². The molecule has 0 N–H and O–H groups in total. The number of rotatable bonds is 2. The molecule has 1 aromatic carbocycles. The van der Waals surface area contributed by atoms with Crippen molar-refractivity contribution in [2.75, 3.05) is 0 Å². The van der Waals surface area contributed by atoms with Crippen LogP contribution in [0, 0.1) is 27.7 Å². The molecule has 0 aromatic heterocycles. The van der Waals surface area contributed by atoms with E-state index in [1.54, 1.807) is 0 Å². The Hall–Kier alpha value is -0.0488. The van der Waals surface area contributed by atoms with Gasteiger partial charge in [-0.1, -0.05) is 0 Å². The van der Waals surface area contributed by atoms with Gasteiger partial charge in [0, 0.05) is 0 Å². The fourth-order valence-electron chi connectivity index (χ4n) is 1.82. The minimum absolute atomic E-state index is 1.11. The van der Waals surface area contributed by atoms with Crippen molar-refractivity contribution in [1.82, 2.24) is 0 Å². The van der Waals surface area contributed by atoms with Gasteiger partial charge in [0.15, 0.2) is 0 Å². The Morgan fingerprint density at radius 1 is 0.867 bits per heavy atom. The molecule has 3 heteroatoms. The van der Waals surface area contributed by atoms with Crippen molar-refractivity contribution in [3.8, 4) is 5.75 Å². The number of hydrogen-bond acceptors (Lipinski definition) is 1. The normalized spacial score (nSPS) is 10.5. The van der Waals surface area contributed by atoms with Crippen molar-refractivity contribution < 1.29 is 21.6 Å². The zero-order valence-electron chi connectivity index (χ0n) is 10.9. The Morgan fingerprint density at radius 3 is 1.87 bits per heavy atom. The Labute approximate surface area is 103 Å². The second-order valence-electron chi connectivity index (χ2n) is 4.46. The third-order valence-electron chi connectivity index (χ3n) is 3.24. The SMILES string of the molecule is Cc1c(C)c([SiH3])c(C)c([O][Ti]([CH3])[CH3])c1C. The van der Waals surface area contributed by atoms with Crippen molar-refractivity contribution in [3.63, 3.8) is 0 Å². The van der Waals surface area contributed by atoms with E-state index in [1.165, 1.54) is 33.2 Å². The predicted molar refractivity (Wildman–Crippen MR) is 67.3 cm³/mol. The molecular weight excluding hydrogens is 236 g/mol. The van der Waals surface area contributed by atoms with E-state index in [1.807, 2.05) is 0 Å². The van der Waals surface area contributed by atoms with Crippen LogP contribution in [-0.4, -0.2) is 10.2 Å². The molecule has 1 rings (SSSR count). The third kappa shape index (κ3) is 2.55. The Kier molecular flexibility index (Phi) is 4.21. The summed E-state index contributed by atoms with van der Waals surface area (Å²) in [6.07, 6.45) is 0. The van der Waals surface area contributed by atoms with Crippen LogP contribution < -0.4 is 8.51 Å². The van der Waals surface area contributed by atoms with E-state index in [0.717, 1.165) is 10.2 Å². The Bertz CT molecular complexity index is 357. The summed E-state index contributed by atoms with van der Waals surface area (Å²) in [6, 6.07) is 0. The second kappa shape index (κ2) is 4.86. The van der Waals surface area contributed by atoms with Crippen LogP contribution >= 0.6 is 0 Å². The van der Waals surface area contributed by atoms with E-state index in [0.29, 0.717) is 0 Å². The third-order valence-corrected chi connectivity index (χ3v) is 5.69. The van der Waals surface area contributed by atoms with Crippen molar-refractivity contribution >= 4 is 15.4 Å². The van der Waals surface area contributed by atoms with Crippen LogP contribution in [-0.2, 0) is 18.3 Å². The van der Waals surface area contributed by atoms with Gasteiger partial charge in [-0.2, -0.15) is 0 Å². The summed E-state index contributed by atoms with van der Waals surface area (Å²) in [4.78, 5) is 0. The van der Waals surface area contributed by atoms with Crippen molar-refractivity contribution in [3.05, 3.63) is 22.3 Å². The molecule has 15 heavy (non-hydrogen) atoms. The maximum absolute atomic E-state index is 6.08. The quantitative estimate of drug-likeness (QED) is 0.735. The average Bonchev–Trinajstić information content (AvgIpc) is 2.18. The van der Waals surface area contributed by atoms with Crippen molar-refractivity contribution in [2.45, 2.75) is 38.2 Å². The van der Waals surface area contributed by atoms with E-state index in [9.17, 15) is 0 Å². The van der Waals surface area contributed by atoms with Gasteiger partial charge in [-0.15, -0.1) is 0 Å². The fraction of sp³-hybridized carbons (Fsp3) is 0.500. The molecule has 0 saturated carbocycles. The molecule has 0 fully saturated rings. The molecule has 0 heterocycles. The van der Waals surface area contributed by atoms with Gasteiger partial charge in [0.2, 0.25) is 0 Å². The summed E-state index contributed by atoms with van der Waals surface area (Å²) in [5.41, 5.74) is 5.62. The van der Waals surface area contributed by atoms with Gasteiger partial charge in [-0.05, 0) is 0 Å². The number of hydrogen-bond donors (Lipinski definition) is 0. The molecule has 0 radical (unpaired) electrons. The van der Waals surface area contributed by atoms with Crippen LogP contribution in [0.25, 0.3) is 0 Å². The molecule has 0 aliphatic carbocycles. The summed E-state index contributed by atoms with van der Waals surface area (Å²) in [5, 5.41) is 6.02. The van der Waals surface area contributed by atoms with E-state index in [4.69, 9.17) is 3.32 Å². The monoisotopic (exact) mass is 257 g/mol. The zero-order valence-corrected chi connectivity index (χ0v) is 14.5. The second-order valence-corrected chi connectivity index (χ2v) is 8.62. The minimum atomic E-state index is -1.24. The molecule has 0 amide bonds. The van der Waals surface area contributed by atoms with E-state index >= 15 is 0 Å². The first-order chi connectivity index (χ1) is 6.86. The molecule has 0 saturated heterocycles. The predicted octanol–water partition coefficient (Wildman–Crippen LogP) is 1.92. The van der Waals surface area contributed by atoms with Crippen LogP contribution in [0.3, 0.4) is 0 Å². The number of benzene rings is 1. The van der Waals surface area contributed by atoms with E-state index < -0.39 is 18.3 Å². The molecule has 0 bridgehead atoms. The Morgan fingerprint density at radius 2 is 1.40 bits per heavy atom. The van der Waals surface area contributed by atoms with Crippen LogP contribution in [0.1, 0.15) is 22.3 Å². The topological polar surface area (TPSA) is 9.23 Å². The van der Waals surface area contributed by atoms with Gasteiger partial charge in [0.05, 0.1) is 0 Å². The molecule has 0 spiro atoms. The van der Waals surface area contributed by atoms with Crippen LogP contribution in [0.15, 0.2) is 0 Å². The fourth-order valence-corrected chi connectivity index (χ4v) is 3.54.